The largest absolute Gasteiger partial charge is 0.493 e. The Morgan fingerprint density at radius 3 is 2.62 bits per heavy atom. The summed E-state index contributed by atoms with van der Waals surface area (Å²) in [6.07, 6.45) is 2.59. The van der Waals surface area contributed by atoms with Crippen molar-refractivity contribution in [3.63, 3.8) is 0 Å². The Morgan fingerprint density at radius 2 is 1.94 bits per heavy atom. The lowest BCUT2D eigenvalue weighted by atomic mass is 10.2. The summed E-state index contributed by atoms with van der Waals surface area (Å²) in [6, 6.07) is 6.05. The summed E-state index contributed by atoms with van der Waals surface area (Å²) >= 11 is 1.66. The molecule has 0 amide bonds. The van der Waals surface area contributed by atoms with E-state index >= 15 is 0 Å². The Hall–Kier alpha value is -2.36. The van der Waals surface area contributed by atoms with Gasteiger partial charge in [-0.3, -0.25) is 4.79 Å². The van der Waals surface area contributed by atoms with Gasteiger partial charge in [0.05, 0.1) is 17.9 Å². The number of imidazole rings is 1. The van der Waals surface area contributed by atoms with E-state index in [1.165, 1.54) is 0 Å². The third-order valence-electron chi connectivity index (χ3n) is 5.01. The summed E-state index contributed by atoms with van der Waals surface area (Å²) in [5.41, 5.74) is 1.78. The van der Waals surface area contributed by atoms with Crippen molar-refractivity contribution in [1.82, 2.24) is 28.8 Å². The van der Waals surface area contributed by atoms with Crippen LogP contribution < -0.4 is 10.3 Å². The fourth-order valence-electron chi connectivity index (χ4n) is 3.40. The molecule has 0 bridgehead atoms. The van der Waals surface area contributed by atoms with Crippen molar-refractivity contribution in [3.05, 3.63) is 40.1 Å². The standard InChI is InChI=1S/C23H34N6O2S/c1-7-9-20-24-16(3)21-23(30)25-22(26-29(20)21)18-15-17(10-11-19(18)31-14-8-2)32-28(6)13-12-27(4)5/h10-11,15H,7-9,12-14H2,1-6H3,(H,25,26,30). The van der Waals surface area contributed by atoms with Crippen LogP contribution in [0.25, 0.3) is 16.9 Å². The number of nitrogens with one attached hydrogen (secondary N) is 1. The molecule has 174 valence electrons. The maximum atomic E-state index is 12.9. The van der Waals surface area contributed by atoms with Gasteiger partial charge in [0, 0.05) is 24.4 Å². The first-order chi connectivity index (χ1) is 15.3. The van der Waals surface area contributed by atoms with Gasteiger partial charge in [-0.25, -0.2) is 13.8 Å². The summed E-state index contributed by atoms with van der Waals surface area (Å²) in [5.74, 6) is 2.00. The summed E-state index contributed by atoms with van der Waals surface area (Å²) in [6.45, 7) is 8.51. The molecule has 0 aliphatic heterocycles. The molecular formula is C23H34N6O2S. The number of aromatic nitrogens is 4. The molecule has 1 N–H and O–H groups in total. The lowest BCUT2D eigenvalue weighted by Crippen LogP contribution is -2.24. The second-order valence-corrected chi connectivity index (χ2v) is 9.46. The Bertz CT molecular complexity index is 1110. The second-order valence-electron chi connectivity index (χ2n) is 8.18. The van der Waals surface area contributed by atoms with Gasteiger partial charge in [-0.05, 0) is 71.1 Å². The van der Waals surface area contributed by atoms with Gasteiger partial charge in [0.1, 0.15) is 11.6 Å². The van der Waals surface area contributed by atoms with Gasteiger partial charge in [-0.1, -0.05) is 13.8 Å². The van der Waals surface area contributed by atoms with Crippen LogP contribution in [0, 0.1) is 6.92 Å². The highest BCUT2D eigenvalue weighted by molar-refractivity contribution is 7.97. The van der Waals surface area contributed by atoms with Gasteiger partial charge >= 0.3 is 0 Å². The quantitative estimate of drug-likeness (QED) is 0.440. The summed E-state index contributed by atoms with van der Waals surface area (Å²) in [4.78, 5) is 23.7. The van der Waals surface area contributed by atoms with Crippen LogP contribution in [0.2, 0.25) is 0 Å². The van der Waals surface area contributed by atoms with Crippen LogP contribution in [-0.2, 0) is 6.42 Å². The van der Waals surface area contributed by atoms with E-state index in [-0.39, 0.29) is 5.56 Å². The molecule has 0 saturated carbocycles. The third kappa shape index (κ3) is 5.70. The average Bonchev–Trinajstić information content (AvgIpc) is 3.07. The zero-order valence-corrected chi connectivity index (χ0v) is 20.8. The molecule has 9 heteroatoms. The number of fused-ring (bicyclic) bond motifs is 1. The molecule has 0 aliphatic rings. The first-order valence-electron chi connectivity index (χ1n) is 11.1. The molecule has 0 fully saturated rings. The van der Waals surface area contributed by atoms with Crippen LogP contribution >= 0.6 is 11.9 Å². The predicted molar refractivity (Wildman–Crippen MR) is 131 cm³/mol. The van der Waals surface area contributed by atoms with Gasteiger partial charge in [0.2, 0.25) is 0 Å². The molecule has 2 aromatic heterocycles. The number of aryl methyl sites for hydroxylation is 2. The molecule has 0 aliphatic carbocycles. The van der Waals surface area contributed by atoms with E-state index in [1.807, 2.05) is 25.1 Å². The number of ether oxygens (including phenoxy) is 1. The van der Waals surface area contributed by atoms with E-state index in [0.29, 0.717) is 29.4 Å². The van der Waals surface area contributed by atoms with Crippen molar-refractivity contribution < 1.29 is 4.74 Å². The van der Waals surface area contributed by atoms with E-state index in [2.05, 4.69) is 54.2 Å². The Morgan fingerprint density at radius 1 is 1.16 bits per heavy atom. The molecule has 0 radical (unpaired) electrons. The van der Waals surface area contributed by atoms with E-state index in [0.717, 1.165) is 48.6 Å². The topological polar surface area (TPSA) is 78.8 Å². The van der Waals surface area contributed by atoms with Crippen molar-refractivity contribution in [3.8, 4) is 17.1 Å². The minimum Gasteiger partial charge on any atom is -0.493 e. The van der Waals surface area contributed by atoms with Crippen LogP contribution in [0.4, 0.5) is 0 Å². The van der Waals surface area contributed by atoms with E-state index in [1.54, 1.807) is 16.5 Å². The summed E-state index contributed by atoms with van der Waals surface area (Å²) in [7, 11) is 6.21. The number of hydrogen-bond acceptors (Lipinski definition) is 7. The SMILES string of the molecule is CCCOc1ccc(SN(C)CCN(C)C)cc1-c1nn2c(CCC)nc(C)c2c(=O)[nH]1. The molecule has 32 heavy (non-hydrogen) atoms. The zero-order chi connectivity index (χ0) is 23.3. The fourth-order valence-corrected chi connectivity index (χ4v) is 4.23. The van der Waals surface area contributed by atoms with Crippen LogP contribution in [0.1, 0.15) is 38.2 Å². The minimum absolute atomic E-state index is 0.190. The average molecular weight is 459 g/mol. The number of rotatable bonds is 11. The Balaban J connectivity index is 2.04. The van der Waals surface area contributed by atoms with Gasteiger partial charge in [-0.2, -0.15) is 0 Å². The van der Waals surface area contributed by atoms with Gasteiger partial charge in [0.15, 0.2) is 11.3 Å². The number of likely N-dealkylation sites (N-methyl/N-ethyl adjacent to an activating group) is 2. The van der Waals surface area contributed by atoms with Crippen molar-refractivity contribution in [2.45, 2.75) is 44.9 Å². The summed E-state index contributed by atoms with van der Waals surface area (Å²) in [5, 5.41) is 4.78. The summed E-state index contributed by atoms with van der Waals surface area (Å²) < 4.78 is 9.89. The smallest absolute Gasteiger partial charge is 0.277 e. The lowest BCUT2D eigenvalue weighted by molar-refractivity contribution is 0.318. The van der Waals surface area contributed by atoms with E-state index in [9.17, 15) is 4.79 Å². The second kappa shape index (κ2) is 11.0. The van der Waals surface area contributed by atoms with Gasteiger partial charge in [-0.15, -0.1) is 5.10 Å². The van der Waals surface area contributed by atoms with E-state index in [4.69, 9.17) is 9.84 Å². The number of hydrogen-bond donors (Lipinski definition) is 1. The first kappa shape index (κ1) is 24.3. The zero-order valence-electron chi connectivity index (χ0n) is 19.9. The van der Waals surface area contributed by atoms with Crippen LogP contribution in [0.15, 0.2) is 27.9 Å². The van der Waals surface area contributed by atoms with E-state index < -0.39 is 0 Å². The lowest BCUT2D eigenvalue weighted by Gasteiger charge is -2.19. The van der Waals surface area contributed by atoms with Crippen LogP contribution in [0.5, 0.6) is 5.75 Å². The van der Waals surface area contributed by atoms with Crippen molar-refractivity contribution >= 4 is 17.5 Å². The Kier molecular flexibility index (Phi) is 8.33. The molecular weight excluding hydrogens is 424 g/mol. The number of H-pyrrole nitrogens is 1. The molecule has 3 rings (SSSR count). The van der Waals surface area contributed by atoms with Crippen molar-refractivity contribution in [2.75, 3.05) is 40.8 Å². The molecule has 3 aromatic rings. The molecule has 8 nitrogen and oxygen atoms in total. The van der Waals surface area contributed by atoms with Gasteiger partial charge in [0.25, 0.3) is 5.56 Å². The maximum Gasteiger partial charge on any atom is 0.277 e. The first-order valence-corrected chi connectivity index (χ1v) is 11.9. The van der Waals surface area contributed by atoms with Crippen molar-refractivity contribution in [1.29, 1.82) is 0 Å². The fraction of sp³-hybridized carbons (Fsp3) is 0.522. The highest BCUT2D eigenvalue weighted by Crippen LogP contribution is 2.33. The Labute approximate surface area is 194 Å². The van der Waals surface area contributed by atoms with Crippen molar-refractivity contribution in [2.24, 2.45) is 0 Å². The predicted octanol–water partition coefficient (Wildman–Crippen LogP) is 3.63. The number of aromatic amines is 1. The minimum atomic E-state index is -0.190. The van der Waals surface area contributed by atoms with Crippen LogP contribution in [-0.4, -0.2) is 69.6 Å². The highest BCUT2D eigenvalue weighted by atomic mass is 32.2. The monoisotopic (exact) mass is 458 g/mol. The molecule has 0 atom stereocenters. The number of benzene rings is 1. The molecule has 0 spiro atoms. The molecule has 0 saturated heterocycles. The van der Waals surface area contributed by atoms with Gasteiger partial charge < -0.3 is 14.6 Å². The molecule has 1 aromatic carbocycles. The molecule has 0 unspecified atom stereocenters. The highest BCUT2D eigenvalue weighted by Gasteiger charge is 2.17. The third-order valence-corrected chi connectivity index (χ3v) is 5.97. The molecule has 2 heterocycles. The normalized spacial score (nSPS) is 11.8. The van der Waals surface area contributed by atoms with Crippen LogP contribution in [0.3, 0.4) is 0 Å². The maximum absolute atomic E-state index is 12.9. The number of nitrogens with zero attached hydrogens (tertiary/aromatic N) is 5.